The van der Waals surface area contributed by atoms with Gasteiger partial charge in [0.25, 0.3) is 0 Å². The molecule has 0 aromatic heterocycles. The van der Waals surface area contributed by atoms with Gasteiger partial charge in [0.1, 0.15) is 0 Å². The molecule has 0 radical (unpaired) electrons. The van der Waals surface area contributed by atoms with Crippen LogP contribution in [0, 0.1) is 0 Å². The third-order valence-electron chi connectivity index (χ3n) is 17.2. The molecular weight excluding hydrogens is 1010 g/mol. The summed E-state index contributed by atoms with van der Waals surface area (Å²) in [7, 11) is 18.6. The standard InChI is InChI=1S/2C28H37.C12H9Si.2ClH.Zr/c2*1-8-9-10-21-13-22-11-12-26(20(6)7)28(27(22)14-21)25-16-23(18(2)3)15-24(17-25)19(4)5;1-3-7-11-9(5-1)10-6-2-4-8-12(10)13-11;;;/h2*11-20H,8-10H2,1-7H3;1-7H,13H2;2*1H;/q;;;;;+2/p-2. The zero-order chi connectivity index (χ0) is 51.6. The predicted molar refractivity (Wildman–Crippen MR) is 320 cm³/mol. The molecule has 0 amide bonds. The molecule has 6 aromatic rings. The molecular formula is C68H83Cl2SiZr. The van der Waals surface area contributed by atoms with E-state index in [1.807, 2.05) is 0 Å². The van der Waals surface area contributed by atoms with Gasteiger partial charge in [0.2, 0.25) is 0 Å². The second-order valence-electron chi connectivity index (χ2n) is 24.1. The van der Waals surface area contributed by atoms with Crippen molar-refractivity contribution in [1.29, 1.82) is 0 Å². The molecule has 9 rings (SSSR count). The molecule has 72 heavy (non-hydrogen) atoms. The van der Waals surface area contributed by atoms with Crippen LogP contribution in [0.15, 0.2) is 114 Å². The molecule has 0 fully saturated rings. The maximum absolute atomic E-state index is 9.75. The van der Waals surface area contributed by atoms with Gasteiger partial charge in [-0.05, 0) is 0 Å². The van der Waals surface area contributed by atoms with Gasteiger partial charge in [-0.15, -0.1) is 0 Å². The summed E-state index contributed by atoms with van der Waals surface area (Å²) in [5.41, 5.74) is 25.0. The minimum absolute atomic E-state index is 0.107. The van der Waals surface area contributed by atoms with Crippen LogP contribution in [-0.4, -0.2) is 9.52 Å². The predicted octanol–water partition coefficient (Wildman–Crippen LogP) is 19.1. The Labute approximate surface area is 446 Å². The van der Waals surface area contributed by atoms with Crippen molar-refractivity contribution in [3.63, 3.8) is 0 Å². The quantitative estimate of drug-likeness (QED) is 0.0798. The second kappa shape index (κ2) is 20.9. The fraction of sp³-hybridized carbons (Fsp3) is 0.412. The first kappa shape index (κ1) is 53.3. The van der Waals surface area contributed by atoms with Crippen LogP contribution in [0.4, 0.5) is 0 Å². The van der Waals surface area contributed by atoms with Gasteiger partial charge in [-0.3, -0.25) is 0 Å². The van der Waals surface area contributed by atoms with Crippen molar-refractivity contribution in [2.45, 2.75) is 178 Å². The van der Waals surface area contributed by atoms with Gasteiger partial charge >= 0.3 is 450 Å². The van der Waals surface area contributed by atoms with E-state index in [1.54, 1.807) is 0 Å². The van der Waals surface area contributed by atoms with Gasteiger partial charge in [-0.2, -0.15) is 0 Å². The average Bonchev–Trinajstić information content (AvgIpc) is 4.06. The van der Waals surface area contributed by atoms with Crippen molar-refractivity contribution < 1.29 is 16.4 Å². The molecule has 0 N–H and O–H groups in total. The monoisotopic (exact) mass is 1090 g/mol. The van der Waals surface area contributed by atoms with E-state index in [0.717, 1.165) is 38.5 Å². The molecule has 377 valence electrons. The fourth-order valence-corrected chi connectivity index (χ4v) is 41.1. The third kappa shape index (κ3) is 9.26. The molecule has 1 heterocycles. The number of fused-ring (bicyclic) bond motifs is 5. The van der Waals surface area contributed by atoms with Crippen LogP contribution in [0.1, 0.15) is 234 Å². The summed E-state index contributed by atoms with van der Waals surface area (Å²) < 4.78 is 1.12. The SMILES string of the molecule is CCCCC1=Cc2c(ccc(C(C)C)c2-c2cc(C(C)C)cc(C(C)C)c2)[CH]1[Zr]([Cl])([Cl])([c]1cccc2c1[SiH2]c1ccccc1-2)[CH]1C(CCCC)=Cc2c1ccc(C(C)C)c2-c1cc(C(C)C)cc(C(C)C)c1. The summed E-state index contributed by atoms with van der Waals surface area (Å²) >= 11 is -5.83. The molecule has 2 atom stereocenters. The van der Waals surface area contributed by atoms with Gasteiger partial charge in [0.15, 0.2) is 0 Å². The number of halogens is 2. The van der Waals surface area contributed by atoms with Crippen molar-refractivity contribution >= 4 is 52.3 Å². The van der Waals surface area contributed by atoms with Crippen LogP contribution in [0.2, 0.25) is 0 Å². The van der Waals surface area contributed by atoms with Crippen LogP contribution >= 0.6 is 17.0 Å². The second-order valence-corrected chi connectivity index (χ2v) is 46.5. The Morgan fingerprint density at radius 3 is 1.29 bits per heavy atom. The normalized spacial score (nSPS) is 17.1. The van der Waals surface area contributed by atoms with E-state index in [0.29, 0.717) is 35.5 Å². The molecule has 4 heteroatoms. The molecule has 0 bridgehead atoms. The number of hydrogen-bond acceptors (Lipinski definition) is 0. The van der Waals surface area contributed by atoms with Crippen LogP contribution in [-0.2, 0) is 16.4 Å². The van der Waals surface area contributed by atoms with Crippen LogP contribution in [0.5, 0.6) is 0 Å². The third-order valence-corrected chi connectivity index (χ3v) is 39.9. The van der Waals surface area contributed by atoms with Gasteiger partial charge < -0.3 is 0 Å². The molecule has 0 saturated carbocycles. The van der Waals surface area contributed by atoms with Gasteiger partial charge in [0, 0.05) is 0 Å². The van der Waals surface area contributed by atoms with E-state index in [9.17, 15) is 17.0 Å². The first-order chi connectivity index (χ1) is 34.3. The molecule has 1 aliphatic heterocycles. The molecule has 6 aromatic carbocycles. The van der Waals surface area contributed by atoms with E-state index in [4.69, 9.17) is 0 Å². The van der Waals surface area contributed by atoms with Crippen molar-refractivity contribution in [3.05, 3.63) is 170 Å². The molecule has 0 spiro atoms. The van der Waals surface area contributed by atoms with Crippen LogP contribution in [0.25, 0.3) is 45.5 Å². The fourth-order valence-electron chi connectivity index (χ4n) is 13.2. The van der Waals surface area contributed by atoms with E-state index >= 15 is 0 Å². The molecule has 2 aliphatic carbocycles. The van der Waals surface area contributed by atoms with E-state index in [2.05, 4.69) is 212 Å². The van der Waals surface area contributed by atoms with E-state index < -0.39 is 25.9 Å². The Morgan fingerprint density at radius 1 is 0.472 bits per heavy atom. The molecule has 2 unspecified atom stereocenters. The minimum atomic E-state index is -5.83. The Kier molecular flexibility index (Phi) is 15.5. The van der Waals surface area contributed by atoms with Gasteiger partial charge in [-0.25, -0.2) is 0 Å². The van der Waals surface area contributed by atoms with E-state index in [1.165, 1.54) is 114 Å². The zero-order valence-electron chi connectivity index (χ0n) is 46.3. The summed E-state index contributed by atoms with van der Waals surface area (Å²) in [6.07, 6.45) is 11.7. The maximum atomic E-state index is 9.75. The average molecular weight is 1090 g/mol. The Hall–Kier alpha value is -3.52. The molecule has 0 saturated heterocycles. The van der Waals surface area contributed by atoms with Crippen LogP contribution < -0.4 is 13.6 Å². The summed E-state index contributed by atoms with van der Waals surface area (Å²) in [4.78, 5) is 0. The Balaban J connectivity index is 1.42. The van der Waals surface area contributed by atoms with Crippen molar-refractivity contribution in [3.8, 4) is 33.4 Å². The van der Waals surface area contributed by atoms with E-state index in [-0.39, 0.29) is 7.25 Å². The number of benzene rings is 6. The van der Waals surface area contributed by atoms with Crippen molar-refractivity contribution in [1.82, 2.24) is 0 Å². The Morgan fingerprint density at radius 2 is 0.889 bits per heavy atom. The van der Waals surface area contributed by atoms with Crippen molar-refractivity contribution in [2.75, 3.05) is 0 Å². The summed E-state index contributed by atoms with van der Waals surface area (Å²) in [6, 6.07) is 41.3. The van der Waals surface area contributed by atoms with Gasteiger partial charge in [-0.1, -0.05) is 0 Å². The van der Waals surface area contributed by atoms with Gasteiger partial charge in [0.05, 0.1) is 0 Å². The number of allylic oxidation sites excluding steroid dienone is 2. The topological polar surface area (TPSA) is 0 Å². The van der Waals surface area contributed by atoms with Crippen molar-refractivity contribution in [2.24, 2.45) is 0 Å². The number of unbranched alkanes of at least 4 members (excludes halogenated alkanes) is 2. The van der Waals surface area contributed by atoms with Crippen LogP contribution in [0.3, 0.4) is 0 Å². The zero-order valence-corrected chi connectivity index (χ0v) is 51.7. The molecule has 0 nitrogen and oxygen atoms in total. The first-order valence-corrected chi connectivity index (χ1v) is 39.9. The summed E-state index contributed by atoms with van der Waals surface area (Å²) in [5, 5.41) is 3.01. The molecule has 3 aliphatic rings. The number of rotatable bonds is 17. The summed E-state index contributed by atoms with van der Waals surface area (Å²) in [6.45, 7) is 33.0. The Bertz CT molecular complexity index is 2890. The number of hydrogen-bond donors (Lipinski definition) is 0. The summed E-state index contributed by atoms with van der Waals surface area (Å²) in [5.74, 6) is 2.33. The first-order valence-electron chi connectivity index (χ1n) is 28.1.